The number of ether oxygens (including phenoxy) is 2. The Morgan fingerprint density at radius 1 is 1.04 bits per heavy atom. The summed E-state index contributed by atoms with van der Waals surface area (Å²) in [5.41, 5.74) is 7.47. The van der Waals surface area contributed by atoms with Gasteiger partial charge in [-0.3, -0.25) is 10.2 Å². The van der Waals surface area contributed by atoms with Crippen molar-refractivity contribution in [3.8, 4) is 11.5 Å². The molecule has 5 nitrogen and oxygen atoms in total. The first-order valence-corrected chi connectivity index (χ1v) is 7.46. The lowest BCUT2D eigenvalue weighted by Crippen LogP contribution is -2.43. The molecule has 0 saturated heterocycles. The highest BCUT2D eigenvalue weighted by atomic mass is 16.5. The number of hydrogen-bond acceptors (Lipinski definition) is 4. The van der Waals surface area contributed by atoms with Crippen molar-refractivity contribution in [3.05, 3.63) is 59.7 Å². The van der Waals surface area contributed by atoms with Crippen molar-refractivity contribution in [2.75, 3.05) is 14.2 Å². The molecule has 0 aliphatic heterocycles. The monoisotopic (exact) mass is 314 g/mol. The quantitative estimate of drug-likeness (QED) is 0.771. The van der Waals surface area contributed by atoms with Crippen molar-refractivity contribution >= 4 is 5.91 Å². The topological polar surface area (TPSA) is 59.6 Å². The molecule has 122 valence electrons. The zero-order valence-electron chi connectivity index (χ0n) is 13.6. The predicted molar refractivity (Wildman–Crippen MR) is 89.8 cm³/mol. The van der Waals surface area contributed by atoms with E-state index < -0.39 is 0 Å². The van der Waals surface area contributed by atoms with E-state index in [1.165, 1.54) is 0 Å². The maximum absolute atomic E-state index is 12.0. The van der Waals surface area contributed by atoms with Crippen LogP contribution in [0, 0.1) is 0 Å². The van der Waals surface area contributed by atoms with Crippen molar-refractivity contribution in [3.63, 3.8) is 0 Å². The lowest BCUT2D eigenvalue weighted by Gasteiger charge is -2.16. The molecule has 0 aliphatic carbocycles. The first-order chi connectivity index (χ1) is 11.1. The van der Waals surface area contributed by atoms with Crippen molar-refractivity contribution in [1.82, 2.24) is 10.9 Å². The van der Waals surface area contributed by atoms with Gasteiger partial charge < -0.3 is 9.47 Å². The number of hydrogen-bond donors (Lipinski definition) is 2. The van der Waals surface area contributed by atoms with Gasteiger partial charge in [-0.2, -0.15) is 0 Å². The second kappa shape index (κ2) is 8.19. The van der Waals surface area contributed by atoms with Gasteiger partial charge in [-0.15, -0.1) is 0 Å². The molecule has 5 heteroatoms. The van der Waals surface area contributed by atoms with Gasteiger partial charge in [0.15, 0.2) is 11.5 Å². The summed E-state index contributed by atoms with van der Waals surface area (Å²) in [7, 11) is 3.23. The van der Waals surface area contributed by atoms with Gasteiger partial charge in [0, 0.05) is 11.6 Å². The number of amides is 1. The second-order valence-corrected chi connectivity index (χ2v) is 5.26. The van der Waals surface area contributed by atoms with E-state index >= 15 is 0 Å². The molecule has 0 saturated carbocycles. The molecule has 1 unspecified atom stereocenters. The number of methoxy groups -OCH3 is 2. The van der Waals surface area contributed by atoms with Crippen molar-refractivity contribution in [2.24, 2.45) is 0 Å². The van der Waals surface area contributed by atoms with E-state index in [1.54, 1.807) is 26.4 Å². The van der Waals surface area contributed by atoms with Crippen LogP contribution in [0.4, 0.5) is 0 Å². The normalized spacial score (nSPS) is 11.6. The summed E-state index contributed by atoms with van der Waals surface area (Å²) in [6.45, 7) is 2.00. The van der Waals surface area contributed by atoms with Gasteiger partial charge in [0.2, 0.25) is 0 Å². The number of carbonyl (C=O) groups excluding carboxylic acids is 1. The standard InChI is InChI=1S/C18H22N2O3/c1-13(19-20-18(21)15-7-5-4-6-8-15)11-14-9-10-16(22-2)17(12-14)23-3/h4-10,12-13,19H,11H2,1-3H3,(H,20,21). The van der Waals surface area contributed by atoms with E-state index in [0.29, 0.717) is 17.1 Å². The van der Waals surface area contributed by atoms with E-state index in [0.717, 1.165) is 12.0 Å². The Labute approximate surface area is 136 Å². The molecule has 2 aromatic rings. The second-order valence-electron chi connectivity index (χ2n) is 5.26. The lowest BCUT2D eigenvalue weighted by molar-refractivity contribution is 0.0926. The number of hydrazine groups is 1. The highest BCUT2D eigenvalue weighted by molar-refractivity contribution is 5.93. The van der Waals surface area contributed by atoms with Crippen LogP contribution >= 0.6 is 0 Å². The smallest absolute Gasteiger partial charge is 0.265 e. The van der Waals surface area contributed by atoms with Gasteiger partial charge in [0.05, 0.1) is 14.2 Å². The van der Waals surface area contributed by atoms with Crippen LogP contribution < -0.4 is 20.3 Å². The molecule has 0 fully saturated rings. The first-order valence-electron chi connectivity index (χ1n) is 7.46. The van der Waals surface area contributed by atoms with Crippen LogP contribution in [0.3, 0.4) is 0 Å². The molecule has 0 heterocycles. The largest absolute Gasteiger partial charge is 0.493 e. The number of benzene rings is 2. The summed E-state index contributed by atoms with van der Waals surface area (Å²) in [6, 6.07) is 15.0. The molecule has 0 aliphatic rings. The van der Waals surface area contributed by atoms with Crippen LogP contribution in [0.2, 0.25) is 0 Å². The van der Waals surface area contributed by atoms with Crippen LogP contribution in [-0.4, -0.2) is 26.2 Å². The molecular formula is C18H22N2O3. The zero-order chi connectivity index (χ0) is 16.7. The first kappa shape index (κ1) is 16.8. The summed E-state index contributed by atoms with van der Waals surface area (Å²) >= 11 is 0. The highest BCUT2D eigenvalue weighted by Crippen LogP contribution is 2.27. The van der Waals surface area contributed by atoms with E-state index in [1.807, 2.05) is 43.3 Å². The molecular weight excluding hydrogens is 292 g/mol. The zero-order valence-corrected chi connectivity index (χ0v) is 13.6. The summed E-state index contributed by atoms with van der Waals surface area (Å²) in [4.78, 5) is 12.0. The Hall–Kier alpha value is -2.53. The minimum absolute atomic E-state index is 0.0702. The average molecular weight is 314 g/mol. The molecule has 0 aromatic heterocycles. The molecule has 2 N–H and O–H groups in total. The van der Waals surface area contributed by atoms with Gasteiger partial charge in [-0.25, -0.2) is 5.43 Å². The molecule has 1 amide bonds. The summed E-state index contributed by atoms with van der Waals surface area (Å²) in [5.74, 6) is 1.25. The van der Waals surface area contributed by atoms with Gasteiger partial charge in [0.25, 0.3) is 5.91 Å². The molecule has 23 heavy (non-hydrogen) atoms. The fourth-order valence-corrected chi connectivity index (χ4v) is 2.26. The summed E-state index contributed by atoms with van der Waals surface area (Å²) < 4.78 is 10.5. The van der Waals surface area contributed by atoms with E-state index in [4.69, 9.17) is 9.47 Å². The number of rotatable bonds is 7. The SMILES string of the molecule is COc1ccc(CC(C)NNC(=O)c2ccccc2)cc1OC. The third-order valence-electron chi connectivity index (χ3n) is 3.46. The third-order valence-corrected chi connectivity index (χ3v) is 3.46. The van der Waals surface area contributed by atoms with E-state index in [2.05, 4.69) is 10.9 Å². The lowest BCUT2D eigenvalue weighted by atomic mass is 10.1. The van der Waals surface area contributed by atoms with Gasteiger partial charge in [-0.1, -0.05) is 24.3 Å². The Balaban J connectivity index is 1.90. The summed E-state index contributed by atoms with van der Waals surface area (Å²) in [6.07, 6.45) is 0.745. The Morgan fingerprint density at radius 2 is 1.74 bits per heavy atom. The van der Waals surface area contributed by atoms with Crippen molar-refractivity contribution < 1.29 is 14.3 Å². The minimum atomic E-state index is -0.148. The van der Waals surface area contributed by atoms with Crippen LogP contribution in [-0.2, 0) is 6.42 Å². The maximum atomic E-state index is 12.0. The molecule has 0 radical (unpaired) electrons. The average Bonchev–Trinajstić information content (AvgIpc) is 2.60. The van der Waals surface area contributed by atoms with Crippen LogP contribution in [0.5, 0.6) is 11.5 Å². The molecule has 2 rings (SSSR count). The van der Waals surface area contributed by atoms with Gasteiger partial charge in [-0.05, 0) is 43.2 Å². The van der Waals surface area contributed by atoms with Crippen LogP contribution in [0.1, 0.15) is 22.8 Å². The predicted octanol–water partition coefficient (Wildman–Crippen LogP) is 2.57. The van der Waals surface area contributed by atoms with Crippen molar-refractivity contribution in [1.29, 1.82) is 0 Å². The fourth-order valence-electron chi connectivity index (χ4n) is 2.26. The van der Waals surface area contributed by atoms with Gasteiger partial charge >= 0.3 is 0 Å². The van der Waals surface area contributed by atoms with Crippen LogP contribution in [0.15, 0.2) is 48.5 Å². The number of nitrogens with one attached hydrogen (secondary N) is 2. The van der Waals surface area contributed by atoms with Crippen molar-refractivity contribution in [2.45, 2.75) is 19.4 Å². The van der Waals surface area contributed by atoms with Crippen LogP contribution in [0.25, 0.3) is 0 Å². The Morgan fingerprint density at radius 3 is 2.39 bits per heavy atom. The third kappa shape index (κ3) is 4.72. The minimum Gasteiger partial charge on any atom is -0.493 e. The molecule has 1 atom stereocenters. The Bertz CT molecular complexity index is 644. The maximum Gasteiger partial charge on any atom is 0.265 e. The van der Waals surface area contributed by atoms with Gasteiger partial charge in [0.1, 0.15) is 0 Å². The fraction of sp³-hybridized carbons (Fsp3) is 0.278. The number of carbonyl (C=O) groups is 1. The molecule has 0 bridgehead atoms. The van der Waals surface area contributed by atoms with E-state index in [9.17, 15) is 4.79 Å². The Kier molecular flexibility index (Phi) is 6.00. The highest BCUT2D eigenvalue weighted by Gasteiger charge is 2.10. The summed E-state index contributed by atoms with van der Waals surface area (Å²) in [5, 5.41) is 0. The molecule has 0 spiro atoms. The van der Waals surface area contributed by atoms with E-state index in [-0.39, 0.29) is 11.9 Å². The molecule has 2 aromatic carbocycles.